The molecule has 34 heavy (non-hydrogen) atoms. The molecule has 9 heteroatoms. The zero-order valence-corrected chi connectivity index (χ0v) is 20.1. The fraction of sp³-hybridized carbons (Fsp3) is 0.280. The molecule has 1 aliphatic rings. The third-order valence-electron chi connectivity index (χ3n) is 6.25. The summed E-state index contributed by atoms with van der Waals surface area (Å²) >= 11 is 0. The van der Waals surface area contributed by atoms with Crippen LogP contribution in [0.2, 0.25) is 0 Å². The zero-order valence-electron chi connectivity index (χ0n) is 19.3. The predicted molar refractivity (Wildman–Crippen MR) is 129 cm³/mol. The molecule has 2 aromatic carbocycles. The maximum Gasteiger partial charge on any atom is 0.268 e. The van der Waals surface area contributed by atoms with E-state index in [1.807, 2.05) is 61.5 Å². The van der Waals surface area contributed by atoms with Gasteiger partial charge in [0, 0.05) is 11.9 Å². The summed E-state index contributed by atoms with van der Waals surface area (Å²) in [6, 6.07) is 16.7. The summed E-state index contributed by atoms with van der Waals surface area (Å²) in [5.41, 5.74) is 3.28. The van der Waals surface area contributed by atoms with Crippen molar-refractivity contribution in [2.75, 3.05) is 10.8 Å². The molecule has 0 bridgehead atoms. The molecule has 0 spiro atoms. The first-order valence-electron chi connectivity index (χ1n) is 11.2. The van der Waals surface area contributed by atoms with E-state index < -0.39 is 10.0 Å². The van der Waals surface area contributed by atoms with Crippen LogP contribution in [0.5, 0.6) is 0 Å². The third kappa shape index (κ3) is 3.75. The molecule has 0 saturated carbocycles. The highest BCUT2D eigenvalue weighted by Crippen LogP contribution is 2.34. The minimum atomic E-state index is -3.81. The summed E-state index contributed by atoms with van der Waals surface area (Å²) in [6.45, 7) is 5.49. The van der Waals surface area contributed by atoms with Gasteiger partial charge in [-0.2, -0.15) is 5.10 Å². The van der Waals surface area contributed by atoms with E-state index in [0.717, 1.165) is 16.5 Å². The van der Waals surface area contributed by atoms with Crippen molar-refractivity contribution in [2.45, 2.75) is 44.7 Å². The van der Waals surface area contributed by atoms with Crippen molar-refractivity contribution in [2.24, 2.45) is 0 Å². The van der Waals surface area contributed by atoms with Gasteiger partial charge in [-0.25, -0.2) is 8.42 Å². The summed E-state index contributed by atoms with van der Waals surface area (Å²) in [5.74, 6) is 0.368. The first-order chi connectivity index (χ1) is 16.3. The molecule has 176 valence electrons. The van der Waals surface area contributed by atoms with Crippen molar-refractivity contribution >= 4 is 32.6 Å². The van der Waals surface area contributed by atoms with Gasteiger partial charge >= 0.3 is 0 Å². The molecule has 5 rings (SSSR count). The van der Waals surface area contributed by atoms with Gasteiger partial charge in [-0.3, -0.25) is 13.8 Å². The summed E-state index contributed by atoms with van der Waals surface area (Å²) in [4.78, 5) is 12.9. The number of aryl methyl sites for hydroxylation is 1. The second-order valence-electron chi connectivity index (χ2n) is 8.59. The number of rotatable bonds is 6. The number of sulfonamides is 1. The summed E-state index contributed by atoms with van der Waals surface area (Å²) in [7, 11) is -3.81. The highest BCUT2D eigenvalue weighted by molar-refractivity contribution is 7.93. The van der Waals surface area contributed by atoms with E-state index in [0.29, 0.717) is 35.8 Å². The molecular weight excluding hydrogens is 452 g/mol. The Kier molecular flexibility index (Phi) is 5.44. The number of carbonyl (C=O) groups is 1. The van der Waals surface area contributed by atoms with E-state index in [1.165, 1.54) is 8.99 Å². The highest BCUT2D eigenvalue weighted by atomic mass is 32.2. The Balaban J connectivity index is 1.35. The number of hydrogen-bond donors (Lipinski definition) is 1. The Morgan fingerprint density at radius 1 is 1.15 bits per heavy atom. The molecule has 0 saturated heterocycles. The first kappa shape index (κ1) is 22.2. The average Bonchev–Trinajstić information content (AvgIpc) is 3.49. The number of benzene rings is 2. The number of anilines is 1. The Morgan fingerprint density at radius 2 is 1.88 bits per heavy atom. The number of para-hydroxylation sites is 2. The highest BCUT2D eigenvalue weighted by Gasteiger charge is 2.35. The van der Waals surface area contributed by atoms with Crippen molar-refractivity contribution in [3.63, 3.8) is 0 Å². The number of furan rings is 1. The predicted octanol–water partition coefficient (Wildman–Crippen LogP) is 3.87. The van der Waals surface area contributed by atoms with Crippen molar-refractivity contribution < 1.29 is 17.6 Å². The van der Waals surface area contributed by atoms with Crippen LogP contribution in [0.25, 0.3) is 11.0 Å². The molecule has 1 aliphatic heterocycles. The van der Waals surface area contributed by atoms with Crippen LogP contribution < -0.4 is 9.62 Å². The SMILES string of the molecule is Cc1nn(CC(=O)N[C@H](C)c2cc3ccccc3o2)c(C)c1S(=O)(=O)N1CCc2ccccc21. The van der Waals surface area contributed by atoms with Gasteiger partial charge in [0.15, 0.2) is 0 Å². The Morgan fingerprint density at radius 3 is 2.68 bits per heavy atom. The normalized spacial score (nSPS) is 14.4. The quantitative estimate of drug-likeness (QED) is 0.454. The third-order valence-corrected chi connectivity index (χ3v) is 8.32. The van der Waals surface area contributed by atoms with E-state index in [9.17, 15) is 13.2 Å². The van der Waals surface area contributed by atoms with Crippen molar-refractivity contribution in [3.05, 3.63) is 77.3 Å². The lowest BCUT2D eigenvalue weighted by atomic mass is 10.2. The summed E-state index contributed by atoms with van der Waals surface area (Å²) in [6.07, 6.45) is 0.670. The number of nitrogens with zero attached hydrogens (tertiary/aromatic N) is 3. The van der Waals surface area contributed by atoms with Crippen LogP contribution in [0, 0.1) is 13.8 Å². The van der Waals surface area contributed by atoms with Gasteiger partial charge < -0.3 is 9.73 Å². The van der Waals surface area contributed by atoms with Gasteiger partial charge in [0.2, 0.25) is 5.91 Å². The number of fused-ring (bicyclic) bond motifs is 2. The fourth-order valence-electron chi connectivity index (χ4n) is 4.59. The maximum absolute atomic E-state index is 13.5. The molecule has 1 N–H and O–H groups in total. The van der Waals surface area contributed by atoms with Gasteiger partial charge in [0.25, 0.3) is 10.0 Å². The molecule has 2 aromatic heterocycles. The zero-order chi connectivity index (χ0) is 24.0. The Hall–Kier alpha value is -3.59. The molecule has 0 fully saturated rings. The van der Waals surface area contributed by atoms with Crippen molar-refractivity contribution in [1.82, 2.24) is 15.1 Å². The number of carbonyl (C=O) groups excluding carboxylic acids is 1. The maximum atomic E-state index is 13.5. The van der Waals surface area contributed by atoms with E-state index in [2.05, 4.69) is 10.4 Å². The monoisotopic (exact) mass is 478 g/mol. The molecule has 0 radical (unpaired) electrons. The topological polar surface area (TPSA) is 97.4 Å². The van der Waals surface area contributed by atoms with Gasteiger partial charge in [0.05, 0.1) is 23.1 Å². The van der Waals surface area contributed by atoms with E-state index in [1.54, 1.807) is 13.8 Å². The van der Waals surface area contributed by atoms with E-state index >= 15 is 0 Å². The number of nitrogens with one attached hydrogen (secondary N) is 1. The summed E-state index contributed by atoms with van der Waals surface area (Å²) < 4.78 is 35.8. The first-order valence-corrected chi connectivity index (χ1v) is 12.6. The number of amides is 1. The van der Waals surface area contributed by atoms with Crippen LogP contribution in [-0.4, -0.2) is 30.7 Å². The largest absolute Gasteiger partial charge is 0.459 e. The van der Waals surface area contributed by atoms with Gasteiger partial charge in [-0.15, -0.1) is 0 Å². The van der Waals surface area contributed by atoms with Crippen LogP contribution in [0.4, 0.5) is 5.69 Å². The number of hydrogen-bond acceptors (Lipinski definition) is 5. The van der Waals surface area contributed by atoms with Crippen molar-refractivity contribution in [1.29, 1.82) is 0 Å². The smallest absolute Gasteiger partial charge is 0.268 e. The second kappa shape index (κ2) is 8.32. The number of aromatic nitrogens is 2. The Bertz CT molecular complexity index is 1470. The van der Waals surface area contributed by atoms with E-state index in [4.69, 9.17) is 4.42 Å². The van der Waals surface area contributed by atoms with Gasteiger partial charge in [-0.1, -0.05) is 36.4 Å². The molecular formula is C25H26N4O4S. The molecule has 0 aliphatic carbocycles. The molecule has 8 nitrogen and oxygen atoms in total. The molecule has 1 atom stereocenters. The molecule has 0 unspecified atom stereocenters. The Labute approximate surface area is 198 Å². The van der Waals surface area contributed by atoms with Crippen LogP contribution in [-0.2, 0) is 27.8 Å². The lowest BCUT2D eigenvalue weighted by Gasteiger charge is -2.19. The summed E-state index contributed by atoms with van der Waals surface area (Å²) in [5, 5.41) is 8.27. The minimum absolute atomic E-state index is 0.0939. The van der Waals surface area contributed by atoms with Gasteiger partial charge in [0.1, 0.15) is 22.8 Å². The lowest BCUT2D eigenvalue weighted by Crippen LogP contribution is -2.31. The molecule has 1 amide bonds. The van der Waals surface area contributed by atoms with Crippen molar-refractivity contribution in [3.8, 4) is 0 Å². The van der Waals surface area contributed by atoms with Crippen LogP contribution in [0.1, 0.15) is 35.7 Å². The van der Waals surface area contributed by atoms with Crippen LogP contribution in [0.3, 0.4) is 0 Å². The van der Waals surface area contributed by atoms with E-state index in [-0.39, 0.29) is 23.4 Å². The van der Waals surface area contributed by atoms with Crippen LogP contribution >= 0.6 is 0 Å². The second-order valence-corrected chi connectivity index (χ2v) is 10.4. The molecule has 4 aromatic rings. The van der Waals surface area contributed by atoms with Crippen LogP contribution in [0.15, 0.2) is 63.9 Å². The lowest BCUT2D eigenvalue weighted by molar-refractivity contribution is -0.122. The minimum Gasteiger partial charge on any atom is -0.459 e. The van der Waals surface area contributed by atoms with Gasteiger partial charge in [-0.05, 0) is 51.0 Å². The molecule has 3 heterocycles. The standard InChI is InChI=1S/C25H26N4O4S/c1-16(23-14-20-9-5-7-11-22(20)33-23)26-24(30)15-28-18(3)25(17(2)27-28)34(31,32)29-13-12-19-8-4-6-10-21(19)29/h4-11,14,16H,12-13,15H2,1-3H3,(H,26,30)/t16-/m1/s1. The fourth-order valence-corrected chi connectivity index (χ4v) is 6.47. The average molecular weight is 479 g/mol.